The fourth-order valence-corrected chi connectivity index (χ4v) is 3.02. The number of benzene rings is 2. The van der Waals surface area contributed by atoms with E-state index in [0.29, 0.717) is 5.69 Å². The maximum Gasteiger partial charge on any atom is 0.328 e. The van der Waals surface area contributed by atoms with E-state index in [4.69, 9.17) is 5.14 Å². The molecule has 0 atom stereocenters. The second-order valence-electron chi connectivity index (χ2n) is 5.59. The van der Waals surface area contributed by atoms with Crippen LogP contribution in [0.5, 0.6) is 0 Å². The fraction of sp³-hybridized carbons (Fsp3) is 0.125. The van der Waals surface area contributed by atoms with Crippen molar-refractivity contribution >= 4 is 33.0 Å². The number of sulfonamides is 1. The molecule has 0 aliphatic carbocycles. The molecular formula is C16H17N5O3S. The summed E-state index contributed by atoms with van der Waals surface area (Å²) in [4.78, 5) is 12.0. The van der Waals surface area contributed by atoms with Crippen molar-refractivity contribution in [2.24, 2.45) is 24.3 Å². The highest BCUT2D eigenvalue weighted by atomic mass is 32.2. The van der Waals surface area contributed by atoms with Crippen molar-refractivity contribution in [2.45, 2.75) is 4.90 Å². The van der Waals surface area contributed by atoms with Crippen LogP contribution in [0.4, 0.5) is 5.69 Å². The molecule has 8 nitrogen and oxygen atoms in total. The number of aryl methyl sites for hydroxylation is 2. The topological polar surface area (TPSA) is 111 Å². The minimum Gasteiger partial charge on any atom is -0.295 e. The molecule has 2 aromatic carbocycles. The summed E-state index contributed by atoms with van der Waals surface area (Å²) in [5.74, 6) is 0. The van der Waals surface area contributed by atoms with Gasteiger partial charge in [0.05, 0.1) is 27.8 Å². The molecule has 0 unspecified atom stereocenters. The van der Waals surface area contributed by atoms with Crippen molar-refractivity contribution in [3.63, 3.8) is 0 Å². The van der Waals surface area contributed by atoms with Crippen LogP contribution in [0.3, 0.4) is 0 Å². The molecule has 0 bridgehead atoms. The fourth-order valence-electron chi connectivity index (χ4n) is 2.50. The van der Waals surface area contributed by atoms with E-state index in [1.165, 1.54) is 12.1 Å². The summed E-state index contributed by atoms with van der Waals surface area (Å²) in [7, 11) is -0.259. The van der Waals surface area contributed by atoms with Gasteiger partial charge in [-0.1, -0.05) is 6.07 Å². The van der Waals surface area contributed by atoms with Crippen molar-refractivity contribution in [1.82, 2.24) is 9.13 Å². The number of hydrogen-bond donors (Lipinski definition) is 2. The van der Waals surface area contributed by atoms with Gasteiger partial charge in [0.15, 0.2) is 0 Å². The third kappa shape index (κ3) is 3.32. The lowest BCUT2D eigenvalue weighted by Crippen LogP contribution is -2.19. The lowest BCUT2D eigenvalue weighted by Gasteiger charge is -2.02. The Hall–Kier alpha value is -2.91. The molecule has 0 spiro atoms. The molecule has 0 fully saturated rings. The van der Waals surface area contributed by atoms with Gasteiger partial charge in [-0.05, 0) is 42.0 Å². The van der Waals surface area contributed by atoms with Gasteiger partial charge in [0.25, 0.3) is 0 Å². The second-order valence-corrected chi connectivity index (χ2v) is 7.15. The van der Waals surface area contributed by atoms with Crippen LogP contribution in [0.25, 0.3) is 11.0 Å². The average Bonchev–Trinajstić information content (AvgIpc) is 2.79. The Balaban J connectivity index is 1.79. The molecular weight excluding hydrogens is 342 g/mol. The number of primary sulfonamides is 1. The maximum absolute atomic E-state index is 11.9. The third-order valence-corrected chi connectivity index (χ3v) is 4.82. The molecule has 3 aromatic rings. The number of nitrogens with zero attached hydrogens (tertiary/aromatic N) is 3. The normalized spacial score (nSPS) is 12.1. The van der Waals surface area contributed by atoms with E-state index in [1.54, 1.807) is 41.6 Å². The molecule has 0 aliphatic rings. The van der Waals surface area contributed by atoms with E-state index in [2.05, 4.69) is 10.5 Å². The highest BCUT2D eigenvalue weighted by molar-refractivity contribution is 7.89. The van der Waals surface area contributed by atoms with Crippen LogP contribution in [-0.2, 0) is 24.1 Å². The monoisotopic (exact) mass is 359 g/mol. The van der Waals surface area contributed by atoms with Crippen molar-refractivity contribution in [1.29, 1.82) is 0 Å². The highest BCUT2D eigenvalue weighted by Gasteiger charge is 2.08. The van der Waals surface area contributed by atoms with E-state index in [9.17, 15) is 13.2 Å². The van der Waals surface area contributed by atoms with Gasteiger partial charge in [0.1, 0.15) is 0 Å². The number of nitrogens with one attached hydrogen (secondary N) is 1. The molecule has 0 saturated carbocycles. The molecule has 0 radical (unpaired) electrons. The molecule has 130 valence electrons. The summed E-state index contributed by atoms with van der Waals surface area (Å²) in [6, 6.07) is 11.5. The second kappa shape index (κ2) is 6.19. The van der Waals surface area contributed by atoms with E-state index >= 15 is 0 Å². The van der Waals surface area contributed by atoms with Gasteiger partial charge in [0.2, 0.25) is 10.0 Å². The first kappa shape index (κ1) is 16.9. The third-order valence-electron chi connectivity index (χ3n) is 3.89. The van der Waals surface area contributed by atoms with E-state index in [-0.39, 0.29) is 10.6 Å². The SMILES string of the molecule is Cn1c(=O)n(C)c2cc(C=NNc3ccc(S(N)(=O)=O)cc3)ccc21. The lowest BCUT2D eigenvalue weighted by molar-refractivity contribution is 0.598. The Labute approximate surface area is 144 Å². The summed E-state index contributed by atoms with van der Waals surface area (Å²) in [6.07, 6.45) is 1.62. The molecule has 3 N–H and O–H groups in total. The number of anilines is 1. The van der Waals surface area contributed by atoms with Crippen LogP contribution in [0.1, 0.15) is 5.56 Å². The summed E-state index contributed by atoms with van der Waals surface area (Å²) >= 11 is 0. The van der Waals surface area contributed by atoms with Crippen LogP contribution >= 0.6 is 0 Å². The summed E-state index contributed by atoms with van der Waals surface area (Å²) in [5.41, 5.74) is 5.83. The number of rotatable bonds is 4. The van der Waals surface area contributed by atoms with Crippen molar-refractivity contribution < 1.29 is 8.42 Å². The van der Waals surface area contributed by atoms with Crippen LogP contribution in [0.2, 0.25) is 0 Å². The molecule has 0 amide bonds. The predicted octanol–water partition coefficient (Wildman–Crippen LogP) is 0.970. The molecule has 0 saturated heterocycles. The van der Waals surface area contributed by atoms with Gasteiger partial charge < -0.3 is 0 Å². The number of aromatic nitrogens is 2. The zero-order valence-electron chi connectivity index (χ0n) is 13.7. The number of fused-ring (bicyclic) bond motifs is 1. The minimum atomic E-state index is -3.71. The first-order valence-corrected chi connectivity index (χ1v) is 8.89. The quantitative estimate of drug-likeness (QED) is 0.534. The molecule has 1 aromatic heterocycles. The molecule has 1 heterocycles. The smallest absolute Gasteiger partial charge is 0.295 e. The number of nitrogens with two attached hydrogens (primary N) is 1. The first-order chi connectivity index (χ1) is 11.8. The summed E-state index contributed by atoms with van der Waals surface area (Å²) < 4.78 is 25.6. The largest absolute Gasteiger partial charge is 0.328 e. The highest BCUT2D eigenvalue weighted by Crippen LogP contribution is 2.14. The van der Waals surface area contributed by atoms with Gasteiger partial charge in [-0.2, -0.15) is 5.10 Å². The number of hydrazone groups is 1. The Morgan fingerprint density at radius 2 is 1.68 bits per heavy atom. The van der Waals surface area contributed by atoms with Crippen LogP contribution in [0.15, 0.2) is 57.3 Å². The zero-order chi connectivity index (χ0) is 18.2. The van der Waals surface area contributed by atoms with E-state index in [0.717, 1.165) is 16.6 Å². The standard InChI is InChI=1S/C16H17N5O3S/c1-20-14-8-3-11(9-15(14)21(2)16(20)22)10-18-19-12-4-6-13(7-5-12)25(17,23)24/h3-10,19H,1-2H3,(H2,17,23,24). The van der Waals surface area contributed by atoms with Crippen molar-refractivity contribution in [3.05, 3.63) is 58.5 Å². The predicted molar refractivity (Wildman–Crippen MR) is 97.2 cm³/mol. The van der Waals surface area contributed by atoms with Crippen molar-refractivity contribution in [3.8, 4) is 0 Å². The Morgan fingerprint density at radius 1 is 1.04 bits per heavy atom. The Bertz CT molecular complexity index is 1130. The number of hydrogen-bond acceptors (Lipinski definition) is 5. The average molecular weight is 359 g/mol. The molecule has 25 heavy (non-hydrogen) atoms. The van der Waals surface area contributed by atoms with E-state index in [1.807, 2.05) is 18.2 Å². The van der Waals surface area contributed by atoms with Crippen LogP contribution in [-0.4, -0.2) is 23.8 Å². The van der Waals surface area contributed by atoms with Crippen LogP contribution in [0, 0.1) is 0 Å². The van der Waals surface area contributed by atoms with Crippen LogP contribution < -0.4 is 16.3 Å². The molecule has 9 heteroatoms. The lowest BCUT2D eigenvalue weighted by atomic mass is 10.2. The first-order valence-electron chi connectivity index (χ1n) is 7.35. The maximum atomic E-state index is 11.9. The van der Waals surface area contributed by atoms with Gasteiger partial charge >= 0.3 is 5.69 Å². The zero-order valence-corrected chi connectivity index (χ0v) is 14.5. The van der Waals surface area contributed by atoms with Gasteiger partial charge in [-0.25, -0.2) is 18.4 Å². The molecule has 3 rings (SSSR count). The minimum absolute atomic E-state index is 0.0393. The number of imidazole rings is 1. The molecule has 0 aliphatic heterocycles. The van der Waals surface area contributed by atoms with E-state index < -0.39 is 10.0 Å². The van der Waals surface area contributed by atoms with Gasteiger partial charge in [-0.15, -0.1) is 0 Å². The Morgan fingerprint density at radius 3 is 2.32 bits per heavy atom. The summed E-state index contributed by atoms with van der Waals surface area (Å²) in [5, 5.41) is 9.17. The van der Waals surface area contributed by atoms with Gasteiger partial charge in [0, 0.05) is 14.1 Å². The van der Waals surface area contributed by atoms with Crippen molar-refractivity contribution in [2.75, 3.05) is 5.43 Å². The Kier molecular flexibility index (Phi) is 4.19. The van der Waals surface area contributed by atoms with Gasteiger partial charge in [-0.3, -0.25) is 14.6 Å². The summed E-state index contributed by atoms with van der Waals surface area (Å²) in [6.45, 7) is 0.